The van der Waals surface area contributed by atoms with Crippen LogP contribution in [0, 0.1) is 0 Å². The Bertz CT molecular complexity index is 518. The van der Waals surface area contributed by atoms with Gasteiger partial charge in [0.25, 0.3) is 0 Å². The quantitative estimate of drug-likeness (QED) is 0.893. The molecule has 3 heteroatoms. The average molecular weight is 255 g/mol. The van der Waals surface area contributed by atoms with E-state index in [0.717, 1.165) is 23.5 Å². The highest BCUT2D eigenvalue weighted by Gasteiger charge is 2.04. The van der Waals surface area contributed by atoms with Gasteiger partial charge in [0.1, 0.15) is 5.82 Å². The van der Waals surface area contributed by atoms with Crippen LogP contribution in [0.15, 0.2) is 36.5 Å². The van der Waals surface area contributed by atoms with Crippen LogP contribution < -0.4 is 5.73 Å². The zero-order chi connectivity index (χ0) is 13.7. The minimum atomic E-state index is 0.0854. The summed E-state index contributed by atoms with van der Waals surface area (Å²) >= 11 is 0. The molecule has 1 aromatic carbocycles. The molecule has 1 atom stereocenters. The Kier molecular flexibility index (Phi) is 4.63. The van der Waals surface area contributed by atoms with Crippen molar-refractivity contribution in [2.75, 3.05) is 0 Å². The molecule has 0 aliphatic carbocycles. The molecule has 100 valence electrons. The van der Waals surface area contributed by atoms with E-state index < -0.39 is 0 Å². The molecule has 0 amide bonds. The van der Waals surface area contributed by atoms with Gasteiger partial charge in [-0.05, 0) is 25.0 Å². The molecular weight excluding hydrogens is 234 g/mol. The Morgan fingerprint density at radius 3 is 2.53 bits per heavy atom. The average Bonchev–Trinajstić information content (AvgIpc) is 2.39. The van der Waals surface area contributed by atoms with Crippen molar-refractivity contribution >= 4 is 0 Å². The normalized spacial score (nSPS) is 12.4. The maximum atomic E-state index is 5.79. The van der Waals surface area contributed by atoms with Crippen LogP contribution in [-0.4, -0.2) is 16.0 Å². The van der Waals surface area contributed by atoms with Gasteiger partial charge in [0.15, 0.2) is 0 Å². The molecule has 0 aliphatic heterocycles. The molecule has 19 heavy (non-hydrogen) atoms. The van der Waals surface area contributed by atoms with Gasteiger partial charge in [0.05, 0.1) is 5.69 Å². The van der Waals surface area contributed by atoms with Crippen LogP contribution >= 0.6 is 0 Å². The van der Waals surface area contributed by atoms with Crippen molar-refractivity contribution in [3.63, 3.8) is 0 Å². The van der Waals surface area contributed by atoms with E-state index in [4.69, 9.17) is 5.73 Å². The fourth-order valence-corrected chi connectivity index (χ4v) is 2.08. The van der Waals surface area contributed by atoms with Crippen LogP contribution in [0.3, 0.4) is 0 Å². The van der Waals surface area contributed by atoms with Crippen LogP contribution in [0.1, 0.15) is 31.7 Å². The summed E-state index contributed by atoms with van der Waals surface area (Å²) in [5, 5.41) is 0. The summed E-state index contributed by atoms with van der Waals surface area (Å²) in [6.45, 7) is 4.16. The second kappa shape index (κ2) is 6.43. The Morgan fingerprint density at radius 1 is 1.16 bits per heavy atom. The van der Waals surface area contributed by atoms with E-state index in [1.54, 1.807) is 6.20 Å². The van der Waals surface area contributed by atoms with Gasteiger partial charge in [0, 0.05) is 24.2 Å². The third kappa shape index (κ3) is 3.86. The Morgan fingerprint density at radius 2 is 1.89 bits per heavy atom. The molecule has 0 spiro atoms. The summed E-state index contributed by atoms with van der Waals surface area (Å²) in [5.74, 6) is 0.810. The predicted molar refractivity (Wildman–Crippen MR) is 78.8 cm³/mol. The number of benzene rings is 1. The first-order valence-corrected chi connectivity index (χ1v) is 6.86. The number of hydrogen-bond donors (Lipinski definition) is 1. The van der Waals surface area contributed by atoms with Crippen LogP contribution in [-0.2, 0) is 12.8 Å². The standard InChI is InChI=1S/C16H21N3/c1-3-4-13-5-7-14(8-6-13)15-9-10-18-16(19-15)11-12(2)17/h5-10,12H,3-4,11,17H2,1-2H3. The van der Waals surface area contributed by atoms with Crippen molar-refractivity contribution in [3.8, 4) is 11.3 Å². The smallest absolute Gasteiger partial charge is 0.130 e. The lowest BCUT2D eigenvalue weighted by Crippen LogP contribution is -2.19. The van der Waals surface area contributed by atoms with E-state index in [0.29, 0.717) is 6.42 Å². The van der Waals surface area contributed by atoms with E-state index in [2.05, 4.69) is 41.2 Å². The molecule has 1 heterocycles. The Hall–Kier alpha value is -1.74. The van der Waals surface area contributed by atoms with Crippen LogP contribution in [0.4, 0.5) is 0 Å². The predicted octanol–water partition coefficient (Wildman–Crippen LogP) is 2.99. The number of nitrogens with two attached hydrogens (primary N) is 1. The van der Waals surface area contributed by atoms with Crippen molar-refractivity contribution < 1.29 is 0 Å². The SMILES string of the molecule is CCCc1ccc(-c2ccnc(CC(C)N)n2)cc1. The van der Waals surface area contributed by atoms with Gasteiger partial charge in [-0.25, -0.2) is 9.97 Å². The van der Waals surface area contributed by atoms with E-state index >= 15 is 0 Å². The molecule has 0 bridgehead atoms. The molecule has 3 nitrogen and oxygen atoms in total. The van der Waals surface area contributed by atoms with Gasteiger partial charge in [-0.15, -0.1) is 0 Å². The number of aromatic nitrogens is 2. The summed E-state index contributed by atoms with van der Waals surface area (Å²) < 4.78 is 0. The minimum Gasteiger partial charge on any atom is -0.328 e. The van der Waals surface area contributed by atoms with Crippen LogP contribution in [0.2, 0.25) is 0 Å². The molecule has 0 saturated heterocycles. The Labute approximate surface area is 114 Å². The first-order chi connectivity index (χ1) is 9.19. The second-order valence-electron chi connectivity index (χ2n) is 4.99. The molecule has 2 aromatic rings. The van der Waals surface area contributed by atoms with Crippen molar-refractivity contribution in [1.29, 1.82) is 0 Å². The third-order valence-corrected chi connectivity index (χ3v) is 3.00. The first kappa shape index (κ1) is 13.7. The van der Waals surface area contributed by atoms with Crippen molar-refractivity contribution in [2.45, 2.75) is 39.2 Å². The lowest BCUT2D eigenvalue weighted by Gasteiger charge is -2.07. The number of nitrogens with zero attached hydrogens (tertiary/aromatic N) is 2. The van der Waals surface area contributed by atoms with Gasteiger partial charge in [-0.3, -0.25) is 0 Å². The van der Waals surface area contributed by atoms with E-state index in [-0.39, 0.29) is 6.04 Å². The van der Waals surface area contributed by atoms with Crippen molar-refractivity contribution in [3.05, 3.63) is 47.9 Å². The summed E-state index contributed by atoms with van der Waals surface area (Å²) in [6.07, 6.45) is 4.81. The molecule has 1 aromatic heterocycles. The molecule has 2 N–H and O–H groups in total. The lowest BCUT2D eigenvalue weighted by molar-refractivity contribution is 0.702. The highest BCUT2D eigenvalue weighted by Crippen LogP contribution is 2.18. The molecule has 0 radical (unpaired) electrons. The number of rotatable bonds is 5. The maximum absolute atomic E-state index is 5.79. The first-order valence-electron chi connectivity index (χ1n) is 6.86. The zero-order valence-corrected chi connectivity index (χ0v) is 11.6. The lowest BCUT2D eigenvalue weighted by atomic mass is 10.1. The van der Waals surface area contributed by atoms with Gasteiger partial charge in [0.2, 0.25) is 0 Å². The van der Waals surface area contributed by atoms with Gasteiger partial charge < -0.3 is 5.73 Å². The largest absolute Gasteiger partial charge is 0.328 e. The van der Waals surface area contributed by atoms with Crippen molar-refractivity contribution in [2.24, 2.45) is 5.73 Å². The highest BCUT2D eigenvalue weighted by molar-refractivity contribution is 5.59. The second-order valence-corrected chi connectivity index (χ2v) is 4.99. The van der Waals surface area contributed by atoms with E-state index in [1.165, 1.54) is 12.0 Å². The van der Waals surface area contributed by atoms with E-state index in [1.807, 2.05) is 13.0 Å². The van der Waals surface area contributed by atoms with Crippen LogP contribution in [0.25, 0.3) is 11.3 Å². The van der Waals surface area contributed by atoms with Gasteiger partial charge in [-0.1, -0.05) is 37.6 Å². The van der Waals surface area contributed by atoms with E-state index in [9.17, 15) is 0 Å². The number of aryl methyl sites for hydroxylation is 1. The zero-order valence-electron chi connectivity index (χ0n) is 11.6. The monoisotopic (exact) mass is 255 g/mol. The number of hydrogen-bond acceptors (Lipinski definition) is 3. The summed E-state index contributed by atoms with van der Waals surface area (Å²) in [7, 11) is 0. The molecule has 1 unspecified atom stereocenters. The fourth-order valence-electron chi connectivity index (χ4n) is 2.08. The summed E-state index contributed by atoms with van der Waals surface area (Å²) in [5.41, 5.74) is 9.26. The van der Waals surface area contributed by atoms with Gasteiger partial charge in [-0.2, -0.15) is 0 Å². The maximum Gasteiger partial charge on any atom is 0.130 e. The fraction of sp³-hybridized carbons (Fsp3) is 0.375. The molecular formula is C16H21N3. The molecule has 2 rings (SSSR count). The summed E-state index contributed by atoms with van der Waals surface area (Å²) in [6, 6.07) is 10.6. The molecule has 0 fully saturated rings. The van der Waals surface area contributed by atoms with Gasteiger partial charge >= 0.3 is 0 Å². The minimum absolute atomic E-state index is 0.0854. The van der Waals surface area contributed by atoms with Crippen molar-refractivity contribution in [1.82, 2.24) is 9.97 Å². The highest BCUT2D eigenvalue weighted by atomic mass is 14.9. The Balaban J connectivity index is 2.21. The third-order valence-electron chi connectivity index (χ3n) is 3.00. The molecule has 0 aliphatic rings. The van der Waals surface area contributed by atoms with Crippen LogP contribution in [0.5, 0.6) is 0 Å². The summed E-state index contributed by atoms with van der Waals surface area (Å²) in [4.78, 5) is 8.83. The molecule has 0 saturated carbocycles. The topological polar surface area (TPSA) is 51.8 Å².